The smallest absolute Gasteiger partial charge is 0.251 e. The van der Waals surface area contributed by atoms with Crippen LogP contribution in [0.15, 0.2) is 23.3 Å². The van der Waals surface area contributed by atoms with Crippen molar-refractivity contribution in [3.63, 3.8) is 0 Å². The van der Waals surface area contributed by atoms with Gasteiger partial charge in [0.2, 0.25) is 0 Å². The Morgan fingerprint density at radius 3 is 2.63 bits per heavy atom. The molecule has 0 bridgehead atoms. The summed E-state index contributed by atoms with van der Waals surface area (Å²) in [5.41, 5.74) is 0.678. The third kappa shape index (κ3) is 2.90. The Labute approximate surface area is 110 Å². The number of hydrogen-bond donors (Lipinski definition) is 1. The molecule has 1 atom stereocenters. The molecule has 102 valence electrons. The maximum Gasteiger partial charge on any atom is 0.251 e. The number of hydrogen-bond acceptors (Lipinski definition) is 5. The van der Waals surface area contributed by atoms with E-state index in [1.165, 1.54) is 13.0 Å². The molecule has 7 nitrogen and oxygen atoms in total. The Hall–Kier alpha value is -1.96. The van der Waals surface area contributed by atoms with Crippen LogP contribution in [-0.4, -0.2) is 34.4 Å². The molecular formula is C11H14N4O3S. The van der Waals surface area contributed by atoms with Crippen molar-refractivity contribution in [2.45, 2.75) is 12.2 Å². The van der Waals surface area contributed by atoms with Gasteiger partial charge >= 0.3 is 0 Å². The fourth-order valence-corrected chi connectivity index (χ4v) is 2.09. The summed E-state index contributed by atoms with van der Waals surface area (Å²) < 4.78 is 24.6. The Morgan fingerprint density at radius 1 is 1.42 bits per heavy atom. The van der Waals surface area contributed by atoms with Crippen molar-refractivity contribution in [1.29, 1.82) is 0 Å². The highest BCUT2D eigenvalue weighted by Crippen LogP contribution is 2.19. The van der Waals surface area contributed by atoms with Gasteiger partial charge in [0.05, 0.1) is 11.9 Å². The fourth-order valence-electron chi connectivity index (χ4n) is 1.57. The summed E-state index contributed by atoms with van der Waals surface area (Å²) in [6.45, 7) is 1.49. The van der Waals surface area contributed by atoms with Gasteiger partial charge in [-0.1, -0.05) is 0 Å². The number of nitrogens with zero attached hydrogens (tertiary/aromatic N) is 3. The van der Waals surface area contributed by atoms with E-state index in [4.69, 9.17) is 0 Å². The molecule has 8 heteroatoms. The second kappa shape index (κ2) is 4.61. The lowest BCUT2D eigenvalue weighted by molar-refractivity contribution is 0.589. The highest BCUT2D eigenvalue weighted by Gasteiger charge is 2.20. The number of aromatic nitrogens is 4. The number of aryl methyl sites for hydroxylation is 1. The number of sulfone groups is 1. The van der Waals surface area contributed by atoms with E-state index < -0.39 is 15.1 Å². The van der Waals surface area contributed by atoms with E-state index in [2.05, 4.69) is 15.1 Å². The van der Waals surface area contributed by atoms with Gasteiger partial charge in [-0.05, 0) is 6.92 Å². The molecule has 0 amide bonds. The molecular weight excluding hydrogens is 268 g/mol. The van der Waals surface area contributed by atoms with Crippen LogP contribution in [0, 0.1) is 0 Å². The molecule has 2 rings (SSSR count). The lowest BCUT2D eigenvalue weighted by Gasteiger charge is -2.09. The fraction of sp³-hybridized carbons (Fsp3) is 0.364. The average Bonchev–Trinajstić information content (AvgIpc) is 2.73. The highest BCUT2D eigenvalue weighted by molar-refractivity contribution is 7.90. The Balaban J connectivity index is 2.55. The number of rotatable bonds is 3. The van der Waals surface area contributed by atoms with Crippen molar-refractivity contribution < 1.29 is 8.42 Å². The zero-order valence-corrected chi connectivity index (χ0v) is 11.6. The number of aromatic amines is 1. The molecule has 0 aliphatic heterocycles. The first kappa shape index (κ1) is 13.5. The molecule has 1 N–H and O–H groups in total. The molecule has 2 aromatic rings. The third-order valence-corrected chi connectivity index (χ3v) is 4.30. The minimum atomic E-state index is -3.32. The Kier molecular flexibility index (Phi) is 3.27. The second-order valence-electron chi connectivity index (χ2n) is 4.39. The normalized spacial score (nSPS) is 13.4. The molecule has 0 saturated carbocycles. The minimum Gasteiger partial charge on any atom is -0.309 e. The van der Waals surface area contributed by atoms with Crippen molar-refractivity contribution in [3.8, 4) is 11.3 Å². The van der Waals surface area contributed by atoms with Crippen molar-refractivity contribution in [2.24, 2.45) is 7.05 Å². The van der Waals surface area contributed by atoms with E-state index in [0.717, 1.165) is 6.26 Å². The van der Waals surface area contributed by atoms with Crippen LogP contribution in [0.25, 0.3) is 11.3 Å². The van der Waals surface area contributed by atoms with E-state index in [-0.39, 0.29) is 11.4 Å². The number of nitrogens with one attached hydrogen (secondary N) is 1. The first-order valence-electron chi connectivity index (χ1n) is 5.56. The van der Waals surface area contributed by atoms with E-state index >= 15 is 0 Å². The predicted molar refractivity (Wildman–Crippen MR) is 70.3 cm³/mol. The van der Waals surface area contributed by atoms with Gasteiger partial charge in [-0.15, -0.1) is 0 Å². The summed E-state index contributed by atoms with van der Waals surface area (Å²) in [4.78, 5) is 18.3. The minimum absolute atomic E-state index is 0.133. The lowest BCUT2D eigenvalue weighted by Crippen LogP contribution is -2.17. The van der Waals surface area contributed by atoms with E-state index in [1.807, 2.05) is 0 Å². The molecule has 0 aromatic carbocycles. The first-order chi connectivity index (χ1) is 8.77. The summed E-state index contributed by atoms with van der Waals surface area (Å²) in [6, 6.07) is 1.31. The largest absolute Gasteiger partial charge is 0.309 e. The maximum absolute atomic E-state index is 11.6. The summed E-state index contributed by atoms with van der Waals surface area (Å²) in [5, 5.41) is 3.13. The quantitative estimate of drug-likeness (QED) is 0.871. The van der Waals surface area contributed by atoms with Crippen LogP contribution in [0.2, 0.25) is 0 Å². The van der Waals surface area contributed by atoms with Gasteiger partial charge < -0.3 is 4.98 Å². The first-order valence-corrected chi connectivity index (χ1v) is 7.52. The SMILES string of the molecule is CC(c1nc(-c2cnn(C)c2)cc(=O)[nH]1)S(C)(=O)=O. The molecule has 0 radical (unpaired) electrons. The summed E-state index contributed by atoms with van der Waals surface area (Å²) in [5.74, 6) is 0.133. The van der Waals surface area contributed by atoms with Crippen molar-refractivity contribution in [2.75, 3.05) is 6.26 Å². The van der Waals surface area contributed by atoms with Gasteiger partial charge in [0.15, 0.2) is 9.84 Å². The van der Waals surface area contributed by atoms with Gasteiger partial charge in [0, 0.05) is 31.1 Å². The number of H-pyrrole nitrogens is 1. The second-order valence-corrected chi connectivity index (χ2v) is 6.76. The van der Waals surface area contributed by atoms with Crippen LogP contribution in [0.1, 0.15) is 18.0 Å². The lowest BCUT2D eigenvalue weighted by atomic mass is 10.2. The van der Waals surface area contributed by atoms with Crippen LogP contribution in [0.4, 0.5) is 0 Å². The Morgan fingerprint density at radius 2 is 2.11 bits per heavy atom. The summed E-state index contributed by atoms with van der Waals surface area (Å²) in [7, 11) is -1.57. The third-order valence-electron chi connectivity index (χ3n) is 2.79. The molecule has 0 spiro atoms. The molecule has 0 saturated heterocycles. The van der Waals surface area contributed by atoms with Crippen LogP contribution in [0.3, 0.4) is 0 Å². The van der Waals surface area contributed by atoms with E-state index in [1.54, 1.807) is 24.1 Å². The van der Waals surface area contributed by atoms with Crippen molar-refractivity contribution in [1.82, 2.24) is 19.7 Å². The Bertz CT molecular complexity index is 760. The van der Waals surface area contributed by atoms with Crippen molar-refractivity contribution in [3.05, 3.63) is 34.6 Å². The molecule has 2 aromatic heterocycles. The molecule has 0 aliphatic carbocycles. The van der Waals surface area contributed by atoms with Gasteiger partial charge in [-0.3, -0.25) is 9.48 Å². The maximum atomic E-state index is 11.6. The zero-order valence-electron chi connectivity index (χ0n) is 10.8. The van der Waals surface area contributed by atoms with E-state index in [9.17, 15) is 13.2 Å². The van der Waals surface area contributed by atoms with Crippen LogP contribution in [-0.2, 0) is 16.9 Å². The average molecular weight is 282 g/mol. The molecule has 19 heavy (non-hydrogen) atoms. The zero-order chi connectivity index (χ0) is 14.2. The standard InChI is InChI=1S/C11H14N4O3S/c1-7(19(3,17)18)11-13-9(4-10(16)14-11)8-5-12-15(2)6-8/h4-7H,1-3H3,(H,13,14,16). The molecule has 0 fully saturated rings. The van der Waals surface area contributed by atoms with Crippen molar-refractivity contribution >= 4 is 9.84 Å². The van der Waals surface area contributed by atoms with Crippen LogP contribution < -0.4 is 5.56 Å². The summed E-state index contributed by atoms with van der Waals surface area (Å²) in [6.07, 6.45) is 4.38. The predicted octanol–water partition coefficient (Wildman–Crippen LogP) is 0.276. The molecule has 2 heterocycles. The molecule has 0 aliphatic rings. The van der Waals surface area contributed by atoms with E-state index in [0.29, 0.717) is 11.3 Å². The summed E-state index contributed by atoms with van der Waals surface area (Å²) >= 11 is 0. The van der Waals surface area contributed by atoms with Gasteiger partial charge in [0.25, 0.3) is 5.56 Å². The molecule has 1 unspecified atom stereocenters. The monoisotopic (exact) mass is 282 g/mol. The van der Waals surface area contributed by atoms with Crippen LogP contribution >= 0.6 is 0 Å². The van der Waals surface area contributed by atoms with Crippen LogP contribution in [0.5, 0.6) is 0 Å². The van der Waals surface area contributed by atoms with Gasteiger partial charge in [-0.25, -0.2) is 13.4 Å². The highest BCUT2D eigenvalue weighted by atomic mass is 32.2. The van der Waals surface area contributed by atoms with Gasteiger partial charge in [-0.2, -0.15) is 5.10 Å². The van der Waals surface area contributed by atoms with Gasteiger partial charge in [0.1, 0.15) is 11.1 Å². The topological polar surface area (TPSA) is 97.7 Å².